The quantitative estimate of drug-likeness (QED) is 0.701. The Balaban J connectivity index is 1.98. The minimum absolute atomic E-state index is 0.104. The number of aromatic nitrogens is 3. The third-order valence-electron chi connectivity index (χ3n) is 3.11. The van der Waals surface area contributed by atoms with Crippen LogP contribution in [-0.2, 0) is 11.3 Å². The molecule has 22 heavy (non-hydrogen) atoms. The Morgan fingerprint density at radius 1 is 1.14 bits per heavy atom. The van der Waals surface area contributed by atoms with E-state index in [1.54, 1.807) is 24.4 Å². The van der Waals surface area contributed by atoms with E-state index >= 15 is 0 Å². The first kappa shape index (κ1) is 16.6. The average molecular weight is 322 g/mol. The number of rotatable bonds is 8. The lowest BCUT2D eigenvalue weighted by Gasteiger charge is -2.07. The van der Waals surface area contributed by atoms with Crippen LogP contribution in [-0.4, -0.2) is 28.0 Å². The molecule has 0 spiro atoms. The average Bonchev–Trinajstić information content (AvgIpc) is 2.53. The molecule has 118 valence electrons. The third kappa shape index (κ3) is 4.93. The molecular formula is C16H20ClN3O2. The van der Waals surface area contributed by atoms with E-state index in [2.05, 4.69) is 17.0 Å². The molecule has 0 fully saturated rings. The number of nitrogens with zero attached hydrogens (tertiary/aromatic N) is 3. The van der Waals surface area contributed by atoms with Gasteiger partial charge >= 0.3 is 0 Å². The smallest absolute Gasteiger partial charge is 0.266 e. The summed E-state index contributed by atoms with van der Waals surface area (Å²) < 4.78 is 6.90. The first-order chi connectivity index (χ1) is 10.7. The van der Waals surface area contributed by atoms with Gasteiger partial charge in [-0.25, -0.2) is 4.68 Å². The fraction of sp³-hybridized carbons (Fsp3) is 0.438. The number of ether oxygens (including phenoxy) is 1. The van der Waals surface area contributed by atoms with Crippen molar-refractivity contribution in [3.8, 4) is 11.4 Å². The van der Waals surface area contributed by atoms with Gasteiger partial charge in [-0.1, -0.05) is 18.5 Å². The van der Waals surface area contributed by atoms with Gasteiger partial charge < -0.3 is 4.74 Å². The number of hydrogen-bond acceptors (Lipinski definition) is 4. The van der Waals surface area contributed by atoms with E-state index in [0.717, 1.165) is 32.5 Å². The lowest BCUT2D eigenvalue weighted by atomic mass is 10.2. The Kier molecular flexibility index (Phi) is 6.55. The van der Waals surface area contributed by atoms with Crippen molar-refractivity contribution in [1.29, 1.82) is 0 Å². The van der Waals surface area contributed by atoms with Gasteiger partial charge in [-0.15, -0.1) is 0 Å². The summed E-state index contributed by atoms with van der Waals surface area (Å²) in [5.41, 5.74) is 1.26. The van der Waals surface area contributed by atoms with Crippen molar-refractivity contribution in [2.75, 3.05) is 13.2 Å². The standard InChI is InChI=1S/C16H20ClN3O2/c1-2-10-22-11-4-3-9-20-16(21)8-7-15(19-20)14-6-5-13(17)12-18-14/h5-8,12H,2-4,9-11H2,1H3. The summed E-state index contributed by atoms with van der Waals surface area (Å²) in [7, 11) is 0. The molecule has 2 rings (SSSR count). The molecule has 6 heteroatoms. The molecule has 2 heterocycles. The van der Waals surface area contributed by atoms with E-state index in [-0.39, 0.29) is 5.56 Å². The lowest BCUT2D eigenvalue weighted by Crippen LogP contribution is -2.22. The fourth-order valence-corrected chi connectivity index (χ4v) is 2.10. The molecule has 0 atom stereocenters. The summed E-state index contributed by atoms with van der Waals surface area (Å²) in [6, 6.07) is 6.75. The molecule has 0 bridgehead atoms. The number of hydrogen-bond donors (Lipinski definition) is 0. The number of unbranched alkanes of at least 4 members (excludes halogenated alkanes) is 1. The van der Waals surface area contributed by atoms with Crippen molar-refractivity contribution in [2.24, 2.45) is 0 Å². The second kappa shape index (κ2) is 8.66. The van der Waals surface area contributed by atoms with E-state index in [9.17, 15) is 4.79 Å². The molecule has 0 aliphatic rings. The molecule has 0 saturated heterocycles. The van der Waals surface area contributed by atoms with Crippen molar-refractivity contribution < 1.29 is 4.74 Å². The maximum atomic E-state index is 11.9. The molecule has 0 aliphatic heterocycles. The summed E-state index contributed by atoms with van der Waals surface area (Å²) in [5, 5.41) is 4.94. The highest BCUT2D eigenvalue weighted by Crippen LogP contribution is 2.15. The molecule has 0 aliphatic carbocycles. The molecule has 0 aromatic carbocycles. The minimum atomic E-state index is -0.104. The fourth-order valence-electron chi connectivity index (χ4n) is 1.99. The van der Waals surface area contributed by atoms with Crippen molar-refractivity contribution in [1.82, 2.24) is 14.8 Å². The van der Waals surface area contributed by atoms with Gasteiger partial charge in [0.1, 0.15) is 5.69 Å². The van der Waals surface area contributed by atoms with Crippen molar-refractivity contribution in [2.45, 2.75) is 32.7 Å². The van der Waals surface area contributed by atoms with Gasteiger partial charge in [-0.3, -0.25) is 9.78 Å². The molecular weight excluding hydrogens is 302 g/mol. The van der Waals surface area contributed by atoms with Crippen LogP contribution < -0.4 is 5.56 Å². The second-order valence-corrected chi connectivity index (χ2v) is 5.40. The van der Waals surface area contributed by atoms with Crippen LogP contribution in [0.4, 0.5) is 0 Å². The van der Waals surface area contributed by atoms with Crippen LogP contribution >= 0.6 is 11.6 Å². The second-order valence-electron chi connectivity index (χ2n) is 4.96. The molecule has 0 saturated carbocycles. The summed E-state index contributed by atoms with van der Waals surface area (Å²) in [6.07, 6.45) is 4.36. The maximum absolute atomic E-state index is 11.9. The summed E-state index contributed by atoms with van der Waals surface area (Å²) in [6.45, 7) is 4.17. The normalized spacial score (nSPS) is 10.8. The van der Waals surface area contributed by atoms with Crippen LogP contribution in [0.3, 0.4) is 0 Å². The molecule has 5 nitrogen and oxygen atoms in total. The molecule has 0 radical (unpaired) electrons. The van der Waals surface area contributed by atoms with Crippen LogP contribution in [0.5, 0.6) is 0 Å². The van der Waals surface area contributed by atoms with E-state index < -0.39 is 0 Å². The van der Waals surface area contributed by atoms with Crippen LogP contribution in [0.15, 0.2) is 35.3 Å². The first-order valence-corrected chi connectivity index (χ1v) is 7.86. The van der Waals surface area contributed by atoms with Gasteiger partial charge in [0, 0.05) is 32.0 Å². The van der Waals surface area contributed by atoms with Gasteiger partial charge in [-0.05, 0) is 37.5 Å². The predicted molar refractivity (Wildman–Crippen MR) is 87.1 cm³/mol. The van der Waals surface area contributed by atoms with Gasteiger partial charge in [0.05, 0.1) is 10.7 Å². The first-order valence-electron chi connectivity index (χ1n) is 7.48. The van der Waals surface area contributed by atoms with Gasteiger partial charge in [0.2, 0.25) is 0 Å². The molecule has 0 amide bonds. The van der Waals surface area contributed by atoms with Gasteiger partial charge in [-0.2, -0.15) is 5.10 Å². The SMILES string of the molecule is CCCOCCCCn1nc(-c2ccc(Cl)cn2)ccc1=O. The minimum Gasteiger partial charge on any atom is -0.381 e. The summed E-state index contributed by atoms with van der Waals surface area (Å²) in [4.78, 5) is 16.1. The van der Waals surface area contributed by atoms with E-state index in [0.29, 0.717) is 23.0 Å². The van der Waals surface area contributed by atoms with Crippen LogP contribution in [0.2, 0.25) is 5.02 Å². The van der Waals surface area contributed by atoms with E-state index in [1.807, 2.05) is 0 Å². The van der Waals surface area contributed by atoms with Crippen LogP contribution in [0, 0.1) is 0 Å². The maximum Gasteiger partial charge on any atom is 0.266 e. The van der Waals surface area contributed by atoms with Crippen molar-refractivity contribution >= 4 is 11.6 Å². The molecule has 0 N–H and O–H groups in total. The Hall–Kier alpha value is -1.72. The Bertz CT molecular complexity index is 641. The Labute approximate surface area is 134 Å². The number of halogens is 1. The monoisotopic (exact) mass is 321 g/mol. The van der Waals surface area contributed by atoms with E-state index in [4.69, 9.17) is 16.3 Å². The van der Waals surface area contributed by atoms with Crippen molar-refractivity contribution in [3.05, 3.63) is 45.8 Å². The highest BCUT2D eigenvalue weighted by atomic mass is 35.5. The van der Waals surface area contributed by atoms with Crippen LogP contribution in [0.1, 0.15) is 26.2 Å². The number of aryl methyl sites for hydroxylation is 1. The summed E-state index contributed by atoms with van der Waals surface area (Å²) in [5.74, 6) is 0. The third-order valence-corrected chi connectivity index (χ3v) is 3.34. The lowest BCUT2D eigenvalue weighted by molar-refractivity contribution is 0.130. The molecule has 0 unspecified atom stereocenters. The zero-order valence-corrected chi connectivity index (χ0v) is 13.4. The predicted octanol–water partition coefficient (Wildman–Crippen LogP) is 3.17. The van der Waals surface area contributed by atoms with Gasteiger partial charge in [0.15, 0.2) is 0 Å². The summed E-state index contributed by atoms with van der Waals surface area (Å²) >= 11 is 5.83. The van der Waals surface area contributed by atoms with Crippen molar-refractivity contribution in [3.63, 3.8) is 0 Å². The largest absolute Gasteiger partial charge is 0.381 e. The molecule has 2 aromatic rings. The molecule has 2 aromatic heterocycles. The highest BCUT2D eigenvalue weighted by Gasteiger charge is 2.04. The Morgan fingerprint density at radius 3 is 2.68 bits per heavy atom. The van der Waals surface area contributed by atoms with E-state index in [1.165, 1.54) is 10.7 Å². The Morgan fingerprint density at radius 2 is 1.95 bits per heavy atom. The topological polar surface area (TPSA) is 57.0 Å². The van der Waals surface area contributed by atoms with Gasteiger partial charge in [0.25, 0.3) is 5.56 Å². The zero-order valence-electron chi connectivity index (χ0n) is 12.7. The highest BCUT2D eigenvalue weighted by molar-refractivity contribution is 6.30. The zero-order chi connectivity index (χ0) is 15.8. The van der Waals surface area contributed by atoms with Crippen LogP contribution in [0.25, 0.3) is 11.4 Å². The number of pyridine rings is 1.